The second-order valence-corrected chi connectivity index (χ2v) is 6.46. The van der Waals surface area contributed by atoms with Gasteiger partial charge in [-0.2, -0.15) is 0 Å². The molecule has 0 spiro atoms. The number of hydrogen-bond donors (Lipinski definition) is 1. The largest absolute Gasteiger partial charge is 0.367 e. The zero-order valence-electron chi connectivity index (χ0n) is 13.3. The first kappa shape index (κ1) is 15.4. The quantitative estimate of drug-likeness (QED) is 0.880. The predicted octanol–water partition coefficient (Wildman–Crippen LogP) is 3.97. The summed E-state index contributed by atoms with van der Waals surface area (Å²) >= 11 is 0. The van der Waals surface area contributed by atoms with Gasteiger partial charge in [0.1, 0.15) is 0 Å². The summed E-state index contributed by atoms with van der Waals surface area (Å²) in [4.78, 5) is 2.52. The van der Waals surface area contributed by atoms with Gasteiger partial charge in [0.05, 0.1) is 0 Å². The van der Waals surface area contributed by atoms with Crippen LogP contribution in [-0.4, -0.2) is 19.1 Å². The Balaban J connectivity index is 2.18. The van der Waals surface area contributed by atoms with Crippen LogP contribution in [0.2, 0.25) is 0 Å². The van der Waals surface area contributed by atoms with Crippen LogP contribution in [0.1, 0.15) is 45.1 Å². The Hall–Kier alpha value is -1.02. The van der Waals surface area contributed by atoms with Crippen molar-refractivity contribution in [1.29, 1.82) is 0 Å². The Morgan fingerprint density at radius 2 is 2.15 bits per heavy atom. The van der Waals surface area contributed by atoms with Crippen LogP contribution >= 0.6 is 0 Å². The van der Waals surface area contributed by atoms with E-state index in [-0.39, 0.29) is 0 Å². The summed E-state index contributed by atoms with van der Waals surface area (Å²) in [6.45, 7) is 8.60. The minimum atomic E-state index is 0.490. The second-order valence-electron chi connectivity index (χ2n) is 6.46. The Morgan fingerprint density at radius 1 is 1.35 bits per heavy atom. The lowest BCUT2D eigenvalue weighted by atomic mass is 9.78. The molecule has 3 atom stereocenters. The molecular weight excluding hydrogens is 244 g/mol. The third-order valence-electron chi connectivity index (χ3n) is 4.84. The average Bonchev–Trinajstić information content (AvgIpc) is 2.44. The number of likely N-dealkylation sites (N-methyl/N-ethyl adjacent to an activating group) is 1. The number of benzene rings is 1. The molecule has 20 heavy (non-hydrogen) atoms. The number of rotatable bonds is 5. The Morgan fingerprint density at radius 3 is 2.75 bits per heavy atom. The first-order valence-corrected chi connectivity index (χ1v) is 8.19. The third-order valence-corrected chi connectivity index (χ3v) is 4.84. The zero-order valence-corrected chi connectivity index (χ0v) is 13.3. The van der Waals surface area contributed by atoms with Crippen molar-refractivity contribution < 1.29 is 0 Å². The van der Waals surface area contributed by atoms with Gasteiger partial charge in [0, 0.05) is 24.8 Å². The van der Waals surface area contributed by atoms with E-state index in [2.05, 4.69) is 49.9 Å². The van der Waals surface area contributed by atoms with Crippen LogP contribution in [0.5, 0.6) is 0 Å². The number of nitrogens with zero attached hydrogens (tertiary/aromatic N) is 1. The van der Waals surface area contributed by atoms with Crippen molar-refractivity contribution in [1.82, 2.24) is 0 Å². The molecule has 112 valence electrons. The maximum absolute atomic E-state index is 6.16. The van der Waals surface area contributed by atoms with Gasteiger partial charge in [0.15, 0.2) is 0 Å². The van der Waals surface area contributed by atoms with Crippen LogP contribution in [0.25, 0.3) is 0 Å². The Labute approximate surface area is 124 Å². The molecule has 0 saturated heterocycles. The van der Waals surface area contributed by atoms with Gasteiger partial charge in [-0.3, -0.25) is 0 Å². The monoisotopic (exact) mass is 274 g/mol. The number of anilines is 1. The zero-order chi connectivity index (χ0) is 14.5. The van der Waals surface area contributed by atoms with Gasteiger partial charge in [0.25, 0.3) is 0 Å². The highest BCUT2D eigenvalue weighted by molar-refractivity contribution is 5.49. The highest BCUT2D eigenvalue weighted by Gasteiger charge is 2.29. The molecule has 2 N–H and O–H groups in total. The summed E-state index contributed by atoms with van der Waals surface area (Å²) < 4.78 is 0. The molecule has 0 radical (unpaired) electrons. The summed E-state index contributed by atoms with van der Waals surface area (Å²) in [5, 5.41) is 0. The van der Waals surface area contributed by atoms with E-state index in [0.717, 1.165) is 24.9 Å². The van der Waals surface area contributed by atoms with Gasteiger partial charge in [-0.15, -0.1) is 0 Å². The van der Waals surface area contributed by atoms with E-state index in [1.807, 2.05) is 0 Å². The lowest BCUT2D eigenvalue weighted by Gasteiger charge is -2.40. The molecule has 1 fully saturated rings. The molecule has 0 aliphatic heterocycles. The van der Waals surface area contributed by atoms with Crippen molar-refractivity contribution in [3.05, 3.63) is 29.8 Å². The van der Waals surface area contributed by atoms with E-state index in [4.69, 9.17) is 5.73 Å². The van der Waals surface area contributed by atoms with Crippen molar-refractivity contribution in [2.75, 3.05) is 18.0 Å². The molecule has 2 heteroatoms. The molecule has 3 unspecified atom stereocenters. The summed E-state index contributed by atoms with van der Waals surface area (Å²) in [5.41, 5.74) is 8.82. The van der Waals surface area contributed by atoms with Crippen molar-refractivity contribution in [3.8, 4) is 0 Å². The number of hydrogen-bond acceptors (Lipinski definition) is 2. The molecule has 2 rings (SSSR count). The molecular formula is C18H30N2. The predicted molar refractivity (Wildman–Crippen MR) is 88.2 cm³/mol. The lowest BCUT2D eigenvalue weighted by Crippen LogP contribution is -2.47. The van der Waals surface area contributed by atoms with Gasteiger partial charge in [-0.05, 0) is 56.2 Å². The SMILES string of the molecule is CCN(c1cccc(C)c1)C(CN)C1CCCC(C)C1. The highest BCUT2D eigenvalue weighted by atomic mass is 15.2. The van der Waals surface area contributed by atoms with Crippen LogP contribution < -0.4 is 10.6 Å². The normalized spacial score (nSPS) is 24.4. The van der Waals surface area contributed by atoms with E-state index in [1.54, 1.807) is 0 Å². The average molecular weight is 274 g/mol. The topological polar surface area (TPSA) is 29.3 Å². The van der Waals surface area contributed by atoms with E-state index in [9.17, 15) is 0 Å². The van der Waals surface area contributed by atoms with Gasteiger partial charge in [-0.1, -0.05) is 31.9 Å². The molecule has 0 heterocycles. The first-order chi connectivity index (χ1) is 9.65. The molecule has 1 aliphatic rings. The van der Waals surface area contributed by atoms with Gasteiger partial charge >= 0.3 is 0 Å². The summed E-state index contributed by atoms with van der Waals surface area (Å²) in [6, 6.07) is 9.33. The van der Waals surface area contributed by atoms with E-state index in [0.29, 0.717) is 6.04 Å². The maximum Gasteiger partial charge on any atom is 0.0440 e. The number of aryl methyl sites for hydroxylation is 1. The van der Waals surface area contributed by atoms with Crippen LogP contribution in [0, 0.1) is 18.8 Å². The van der Waals surface area contributed by atoms with Crippen LogP contribution in [0.3, 0.4) is 0 Å². The minimum absolute atomic E-state index is 0.490. The highest BCUT2D eigenvalue weighted by Crippen LogP contribution is 2.34. The molecule has 1 aromatic rings. The summed E-state index contributed by atoms with van der Waals surface area (Å²) in [7, 11) is 0. The van der Waals surface area contributed by atoms with E-state index < -0.39 is 0 Å². The van der Waals surface area contributed by atoms with Crippen molar-refractivity contribution >= 4 is 5.69 Å². The molecule has 0 aromatic heterocycles. The second kappa shape index (κ2) is 7.12. The summed E-state index contributed by atoms with van der Waals surface area (Å²) in [6.07, 6.45) is 5.44. The molecule has 1 saturated carbocycles. The lowest BCUT2D eigenvalue weighted by molar-refractivity contribution is 0.242. The molecule has 0 bridgehead atoms. The van der Waals surface area contributed by atoms with Gasteiger partial charge in [-0.25, -0.2) is 0 Å². The van der Waals surface area contributed by atoms with E-state index >= 15 is 0 Å². The summed E-state index contributed by atoms with van der Waals surface area (Å²) in [5.74, 6) is 1.61. The van der Waals surface area contributed by atoms with E-state index in [1.165, 1.54) is 36.9 Å². The fourth-order valence-electron chi connectivity index (χ4n) is 3.82. The fraction of sp³-hybridized carbons (Fsp3) is 0.667. The molecule has 1 aromatic carbocycles. The van der Waals surface area contributed by atoms with Crippen molar-refractivity contribution in [3.63, 3.8) is 0 Å². The van der Waals surface area contributed by atoms with Crippen molar-refractivity contribution in [2.45, 2.75) is 52.5 Å². The third kappa shape index (κ3) is 3.54. The van der Waals surface area contributed by atoms with Crippen LogP contribution in [0.4, 0.5) is 5.69 Å². The Bertz CT molecular complexity index is 416. The van der Waals surface area contributed by atoms with Crippen molar-refractivity contribution in [2.24, 2.45) is 17.6 Å². The Kier molecular flexibility index (Phi) is 5.47. The van der Waals surface area contributed by atoms with Gasteiger partial charge in [0.2, 0.25) is 0 Å². The minimum Gasteiger partial charge on any atom is -0.367 e. The van der Waals surface area contributed by atoms with Crippen LogP contribution in [-0.2, 0) is 0 Å². The molecule has 2 nitrogen and oxygen atoms in total. The number of nitrogens with two attached hydrogens (primary N) is 1. The fourth-order valence-corrected chi connectivity index (χ4v) is 3.82. The maximum atomic E-state index is 6.16. The molecule has 1 aliphatic carbocycles. The first-order valence-electron chi connectivity index (χ1n) is 8.19. The van der Waals surface area contributed by atoms with Crippen LogP contribution in [0.15, 0.2) is 24.3 Å². The standard InChI is InChI=1S/C18H30N2/c1-4-20(17-10-6-8-15(3)12-17)18(13-19)16-9-5-7-14(2)11-16/h6,8,10,12,14,16,18H,4-5,7,9,11,13,19H2,1-3H3. The smallest absolute Gasteiger partial charge is 0.0440 e. The van der Waals surface area contributed by atoms with Gasteiger partial charge < -0.3 is 10.6 Å². The molecule has 0 amide bonds.